The third-order valence-corrected chi connectivity index (χ3v) is 5.91. The molecule has 0 fully saturated rings. The molecule has 0 unspecified atom stereocenters. The summed E-state index contributed by atoms with van der Waals surface area (Å²) in [4.78, 5) is 26.0. The molecule has 1 atom stereocenters. The molecule has 4 rings (SSSR count). The number of pyridine rings is 1. The molecule has 2 heterocycles. The molecular weight excluding hydrogens is 426 g/mol. The van der Waals surface area contributed by atoms with E-state index in [1.165, 1.54) is 14.2 Å². The maximum absolute atomic E-state index is 13.6. The van der Waals surface area contributed by atoms with E-state index in [1.54, 1.807) is 41.8 Å². The van der Waals surface area contributed by atoms with Gasteiger partial charge in [0, 0.05) is 24.2 Å². The Labute approximate surface area is 190 Å². The van der Waals surface area contributed by atoms with E-state index >= 15 is 0 Å². The molecule has 172 valence electrons. The summed E-state index contributed by atoms with van der Waals surface area (Å²) in [6.45, 7) is 2.22. The lowest BCUT2D eigenvalue weighted by molar-refractivity contribution is -0.135. The molecule has 0 saturated heterocycles. The van der Waals surface area contributed by atoms with Crippen molar-refractivity contribution in [2.24, 2.45) is 0 Å². The zero-order valence-electron chi connectivity index (χ0n) is 18.6. The lowest BCUT2D eigenvalue weighted by atomic mass is 9.86. The van der Waals surface area contributed by atoms with Crippen LogP contribution < -0.4 is 19.8 Å². The molecule has 0 radical (unpaired) electrons. The number of phenols is 2. The Morgan fingerprint density at radius 3 is 2.27 bits per heavy atom. The number of ether oxygens (including phenoxy) is 3. The van der Waals surface area contributed by atoms with Crippen molar-refractivity contribution < 1.29 is 29.2 Å². The Bertz CT molecular complexity index is 1240. The third kappa shape index (κ3) is 4.24. The highest BCUT2D eigenvalue weighted by Crippen LogP contribution is 2.43. The van der Waals surface area contributed by atoms with Gasteiger partial charge in [-0.25, -0.2) is 0 Å². The van der Waals surface area contributed by atoms with Crippen LogP contribution in [0.3, 0.4) is 0 Å². The number of aromatic nitrogens is 1. The summed E-state index contributed by atoms with van der Waals surface area (Å²) >= 11 is 0. The Morgan fingerprint density at radius 2 is 1.67 bits per heavy atom. The second-order valence-electron chi connectivity index (χ2n) is 7.94. The largest absolute Gasteiger partial charge is 0.508 e. The maximum Gasteiger partial charge on any atom is 0.312 e. The first-order valence-electron chi connectivity index (χ1n) is 10.5. The predicted octanol–water partition coefficient (Wildman–Crippen LogP) is 3.27. The van der Waals surface area contributed by atoms with Crippen LogP contribution in [0, 0.1) is 6.92 Å². The lowest BCUT2D eigenvalue weighted by Gasteiger charge is -2.26. The van der Waals surface area contributed by atoms with Crippen LogP contribution in [0.5, 0.6) is 28.7 Å². The van der Waals surface area contributed by atoms with E-state index in [9.17, 15) is 19.8 Å². The van der Waals surface area contributed by atoms with Crippen molar-refractivity contribution in [1.82, 2.24) is 4.57 Å². The van der Waals surface area contributed by atoms with Crippen LogP contribution in [0.15, 0.2) is 47.3 Å². The standard InChI is InChI=1S/C25H25NO7/c1-14-10-19-23(25(30)26(14)9-8-15-4-6-17(27)7-5-15)18(13-22(28)33-19)16-11-20(31-2)24(29)21(12-16)32-3/h4-7,10-12,18,27,29H,8-9,13H2,1-3H3/t18-/m1/s1. The first kappa shape index (κ1) is 22.3. The number of nitrogens with zero attached hydrogens (tertiary/aromatic N) is 1. The fourth-order valence-corrected chi connectivity index (χ4v) is 4.18. The highest BCUT2D eigenvalue weighted by Gasteiger charge is 2.33. The van der Waals surface area contributed by atoms with E-state index in [0.29, 0.717) is 29.8 Å². The summed E-state index contributed by atoms with van der Waals surface area (Å²) in [6, 6.07) is 11.8. The summed E-state index contributed by atoms with van der Waals surface area (Å²) in [5.41, 5.74) is 2.39. The van der Waals surface area contributed by atoms with E-state index in [1.807, 2.05) is 12.1 Å². The van der Waals surface area contributed by atoms with Gasteiger partial charge in [0.25, 0.3) is 5.56 Å². The molecule has 1 aromatic heterocycles. The van der Waals surface area contributed by atoms with Crippen LogP contribution in [-0.4, -0.2) is 35.0 Å². The number of esters is 1. The molecule has 0 bridgehead atoms. The van der Waals surface area contributed by atoms with E-state index in [2.05, 4.69) is 0 Å². The second-order valence-corrected chi connectivity index (χ2v) is 7.94. The van der Waals surface area contributed by atoms with Gasteiger partial charge in [0.2, 0.25) is 5.75 Å². The SMILES string of the molecule is COc1cc([C@H]2CC(=O)Oc3cc(C)n(CCc4ccc(O)cc4)c(=O)c32)cc(OC)c1O. The van der Waals surface area contributed by atoms with Crippen molar-refractivity contribution in [3.63, 3.8) is 0 Å². The van der Waals surface area contributed by atoms with Crippen LogP contribution in [0.2, 0.25) is 0 Å². The number of carbonyl (C=O) groups excluding carboxylic acids is 1. The molecule has 8 nitrogen and oxygen atoms in total. The highest BCUT2D eigenvalue weighted by molar-refractivity contribution is 5.78. The summed E-state index contributed by atoms with van der Waals surface area (Å²) in [5.74, 6) is -0.389. The lowest BCUT2D eigenvalue weighted by Crippen LogP contribution is -2.33. The van der Waals surface area contributed by atoms with Gasteiger partial charge in [0.05, 0.1) is 26.2 Å². The number of phenolic OH excluding ortho intramolecular Hbond substituents is 2. The van der Waals surface area contributed by atoms with Crippen LogP contribution in [-0.2, 0) is 17.8 Å². The van der Waals surface area contributed by atoms with Gasteiger partial charge in [-0.05, 0) is 48.7 Å². The number of rotatable bonds is 6. The number of hydrogen-bond acceptors (Lipinski definition) is 7. The minimum Gasteiger partial charge on any atom is -0.508 e. The minimum atomic E-state index is -0.585. The Hall–Kier alpha value is -3.94. The summed E-state index contributed by atoms with van der Waals surface area (Å²) in [7, 11) is 2.84. The van der Waals surface area contributed by atoms with Crippen LogP contribution in [0.4, 0.5) is 0 Å². The number of aryl methyl sites for hydroxylation is 2. The predicted molar refractivity (Wildman–Crippen MR) is 121 cm³/mol. The van der Waals surface area contributed by atoms with Crippen molar-refractivity contribution in [3.8, 4) is 28.7 Å². The van der Waals surface area contributed by atoms with Gasteiger partial charge in [-0.1, -0.05) is 12.1 Å². The maximum atomic E-state index is 13.6. The average Bonchev–Trinajstić information content (AvgIpc) is 2.79. The van der Waals surface area contributed by atoms with Crippen LogP contribution >= 0.6 is 0 Å². The monoisotopic (exact) mass is 451 g/mol. The fraction of sp³-hybridized carbons (Fsp3) is 0.280. The molecular formula is C25H25NO7. The van der Waals surface area contributed by atoms with Crippen molar-refractivity contribution >= 4 is 5.97 Å². The van der Waals surface area contributed by atoms with Crippen LogP contribution in [0.1, 0.15) is 34.7 Å². The first-order chi connectivity index (χ1) is 15.8. The van der Waals surface area contributed by atoms with Gasteiger partial charge in [0.15, 0.2) is 11.5 Å². The summed E-state index contributed by atoms with van der Waals surface area (Å²) in [5, 5.41) is 19.7. The number of fused-ring (bicyclic) bond motifs is 1. The first-order valence-corrected chi connectivity index (χ1v) is 10.5. The topological polar surface area (TPSA) is 107 Å². The smallest absolute Gasteiger partial charge is 0.312 e. The molecule has 1 aliphatic heterocycles. The average molecular weight is 451 g/mol. The van der Waals surface area contributed by atoms with Gasteiger partial charge in [-0.2, -0.15) is 0 Å². The molecule has 8 heteroatoms. The van der Waals surface area contributed by atoms with Crippen molar-refractivity contribution in [3.05, 3.63) is 75.2 Å². The van der Waals surface area contributed by atoms with Crippen LogP contribution in [0.25, 0.3) is 0 Å². The number of methoxy groups -OCH3 is 2. The van der Waals surface area contributed by atoms with E-state index in [4.69, 9.17) is 14.2 Å². The Kier molecular flexibility index (Phi) is 6.00. The quantitative estimate of drug-likeness (QED) is 0.554. The van der Waals surface area contributed by atoms with Gasteiger partial charge in [-0.3, -0.25) is 9.59 Å². The van der Waals surface area contributed by atoms with E-state index in [0.717, 1.165) is 5.56 Å². The fourth-order valence-electron chi connectivity index (χ4n) is 4.18. The summed E-state index contributed by atoms with van der Waals surface area (Å²) < 4.78 is 17.6. The van der Waals surface area contributed by atoms with Crippen molar-refractivity contribution in [2.45, 2.75) is 32.2 Å². The van der Waals surface area contributed by atoms with Crippen molar-refractivity contribution in [2.75, 3.05) is 14.2 Å². The van der Waals surface area contributed by atoms with Gasteiger partial charge in [-0.15, -0.1) is 0 Å². The summed E-state index contributed by atoms with van der Waals surface area (Å²) in [6.07, 6.45) is 0.561. The molecule has 0 spiro atoms. The zero-order chi connectivity index (χ0) is 23.7. The minimum absolute atomic E-state index is 0.0274. The molecule has 1 aliphatic rings. The van der Waals surface area contributed by atoms with Gasteiger partial charge >= 0.3 is 5.97 Å². The zero-order valence-corrected chi connectivity index (χ0v) is 18.6. The van der Waals surface area contributed by atoms with E-state index < -0.39 is 11.9 Å². The van der Waals surface area contributed by atoms with Gasteiger partial charge < -0.3 is 29.0 Å². The highest BCUT2D eigenvalue weighted by atomic mass is 16.5. The molecule has 0 saturated carbocycles. The number of aromatic hydroxyl groups is 2. The normalized spacial score (nSPS) is 15.0. The molecule has 3 aromatic rings. The third-order valence-electron chi connectivity index (χ3n) is 5.91. The molecule has 0 aliphatic carbocycles. The van der Waals surface area contributed by atoms with E-state index in [-0.39, 0.29) is 40.7 Å². The van der Waals surface area contributed by atoms with Gasteiger partial charge in [0.1, 0.15) is 11.5 Å². The molecule has 0 amide bonds. The second kappa shape index (κ2) is 8.90. The van der Waals surface area contributed by atoms with Crippen molar-refractivity contribution in [1.29, 1.82) is 0 Å². The Morgan fingerprint density at radius 1 is 1.03 bits per heavy atom. The number of hydrogen-bond donors (Lipinski definition) is 2. The molecule has 33 heavy (non-hydrogen) atoms. The molecule has 2 aromatic carbocycles. The number of carbonyl (C=O) groups is 1. The Balaban J connectivity index is 1.78. The number of benzene rings is 2. The molecule has 2 N–H and O–H groups in total.